The van der Waals surface area contributed by atoms with Crippen molar-refractivity contribution in [2.75, 3.05) is 5.32 Å². The molecule has 3 aromatic rings. The van der Waals surface area contributed by atoms with E-state index in [0.717, 1.165) is 39.8 Å². The molecule has 4 rings (SSSR count). The van der Waals surface area contributed by atoms with E-state index in [9.17, 15) is 0 Å². The molecule has 0 saturated heterocycles. The summed E-state index contributed by atoms with van der Waals surface area (Å²) < 4.78 is 2.16. The van der Waals surface area contributed by atoms with Gasteiger partial charge in [-0.15, -0.1) is 22.7 Å². The van der Waals surface area contributed by atoms with Gasteiger partial charge in [0.1, 0.15) is 5.15 Å². The molecule has 0 aromatic carbocycles. The molecular weight excluding hydrogens is 438 g/mol. The van der Waals surface area contributed by atoms with E-state index in [0.29, 0.717) is 11.1 Å². The minimum absolute atomic E-state index is 0.146. The molecule has 0 unspecified atom stereocenters. The van der Waals surface area contributed by atoms with Crippen LogP contribution in [0, 0.1) is 0 Å². The zero-order valence-corrected chi connectivity index (χ0v) is 17.3. The number of hydrogen-bond acceptors (Lipinski definition) is 5. The quantitative estimate of drug-likeness (QED) is 0.367. The normalized spacial score (nSPS) is 20.3. The summed E-state index contributed by atoms with van der Waals surface area (Å²) in [7, 11) is 0. The van der Waals surface area contributed by atoms with Crippen molar-refractivity contribution in [2.24, 2.45) is 5.73 Å². The predicted molar refractivity (Wildman–Crippen MR) is 113 cm³/mol. The number of hydrogen-bond donors (Lipinski definition) is 2. The monoisotopic (exact) mass is 453 g/mol. The van der Waals surface area contributed by atoms with Crippen LogP contribution in [0.1, 0.15) is 28.5 Å². The molecule has 0 aliphatic heterocycles. The first-order chi connectivity index (χ1) is 12.1. The third-order valence-corrected chi connectivity index (χ3v) is 7.91. The number of nitrogens with two attached hydrogens (primary N) is 1. The van der Waals surface area contributed by atoms with Crippen molar-refractivity contribution >= 4 is 66.1 Å². The molecule has 0 amide bonds. The second-order valence-electron chi connectivity index (χ2n) is 6.10. The van der Waals surface area contributed by atoms with Crippen LogP contribution in [0.3, 0.4) is 0 Å². The van der Waals surface area contributed by atoms with Gasteiger partial charge in [-0.1, -0.05) is 29.8 Å². The van der Waals surface area contributed by atoms with E-state index in [1.165, 1.54) is 9.75 Å². The van der Waals surface area contributed by atoms with Gasteiger partial charge in [0.25, 0.3) is 0 Å². The van der Waals surface area contributed by atoms with Crippen LogP contribution in [0.2, 0.25) is 5.15 Å². The lowest BCUT2D eigenvalue weighted by molar-refractivity contribution is 0.527. The topological polar surface area (TPSA) is 50.9 Å². The molecule has 2 atom stereocenters. The molecule has 3 aromatic heterocycles. The molecule has 7 heteroatoms. The summed E-state index contributed by atoms with van der Waals surface area (Å²) in [5, 5.41) is 6.10. The third kappa shape index (κ3) is 3.51. The van der Waals surface area contributed by atoms with Gasteiger partial charge in [0.15, 0.2) is 0 Å². The van der Waals surface area contributed by atoms with E-state index in [1.54, 1.807) is 22.7 Å². The van der Waals surface area contributed by atoms with Gasteiger partial charge in [-0.05, 0) is 40.2 Å². The Kier molecular flexibility index (Phi) is 5.15. The van der Waals surface area contributed by atoms with Crippen molar-refractivity contribution in [1.82, 2.24) is 4.98 Å². The van der Waals surface area contributed by atoms with E-state index in [2.05, 4.69) is 55.9 Å². The molecule has 0 fully saturated rings. The Morgan fingerprint density at radius 1 is 1.36 bits per heavy atom. The molecule has 1 aliphatic rings. The van der Waals surface area contributed by atoms with Crippen LogP contribution in [0.4, 0.5) is 5.69 Å². The van der Waals surface area contributed by atoms with Crippen LogP contribution in [0.25, 0.3) is 10.2 Å². The van der Waals surface area contributed by atoms with Crippen LogP contribution in [0.15, 0.2) is 40.2 Å². The highest BCUT2D eigenvalue weighted by molar-refractivity contribution is 9.10. The van der Waals surface area contributed by atoms with Crippen LogP contribution in [0.5, 0.6) is 0 Å². The lowest BCUT2D eigenvalue weighted by Gasteiger charge is -2.24. The van der Waals surface area contributed by atoms with E-state index < -0.39 is 0 Å². The number of halogens is 2. The van der Waals surface area contributed by atoms with Gasteiger partial charge >= 0.3 is 0 Å². The van der Waals surface area contributed by atoms with Crippen LogP contribution in [-0.2, 0) is 6.54 Å². The van der Waals surface area contributed by atoms with Gasteiger partial charge in [0.2, 0.25) is 0 Å². The molecule has 0 spiro atoms. The zero-order valence-electron chi connectivity index (χ0n) is 13.3. The highest BCUT2D eigenvalue weighted by Crippen LogP contribution is 2.45. The second-order valence-corrected chi connectivity index (χ2v) is 9.36. The number of pyridine rings is 1. The number of aromatic nitrogens is 1. The van der Waals surface area contributed by atoms with Crippen molar-refractivity contribution in [1.29, 1.82) is 0 Å². The van der Waals surface area contributed by atoms with Crippen molar-refractivity contribution in [3.8, 4) is 0 Å². The Labute approximate surface area is 168 Å². The van der Waals surface area contributed by atoms with Crippen molar-refractivity contribution < 1.29 is 0 Å². The van der Waals surface area contributed by atoms with Gasteiger partial charge in [0, 0.05) is 34.3 Å². The fourth-order valence-electron chi connectivity index (χ4n) is 3.13. The molecule has 1 aliphatic carbocycles. The lowest BCUT2D eigenvalue weighted by atomic mass is 9.88. The number of nitrogens with zero attached hydrogens (tertiary/aromatic N) is 1. The summed E-state index contributed by atoms with van der Waals surface area (Å²) in [6.07, 6.45) is 6.29. The Balaban J connectivity index is 1.73. The first kappa shape index (κ1) is 17.5. The minimum Gasteiger partial charge on any atom is -0.379 e. The summed E-state index contributed by atoms with van der Waals surface area (Å²) in [5.41, 5.74) is 8.31. The highest BCUT2D eigenvalue weighted by atomic mass is 79.9. The average Bonchev–Trinajstić information content (AvgIpc) is 3.22. The SMILES string of the molecule is N[C@@H]1CC=CC[C@@H]1c1sc2c(NCc3cccs3)cc(Cl)nc2c1Br. The van der Waals surface area contributed by atoms with Crippen molar-refractivity contribution in [3.05, 3.63) is 55.1 Å². The average molecular weight is 455 g/mol. The van der Waals surface area contributed by atoms with Gasteiger partial charge in [0.05, 0.1) is 20.4 Å². The third-order valence-electron chi connectivity index (χ3n) is 4.43. The Bertz CT molecular complexity index is 920. The number of rotatable bonds is 4. The number of allylic oxidation sites excluding steroid dienone is 1. The largest absolute Gasteiger partial charge is 0.379 e. The fourth-order valence-corrected chi connectivity index (χ4v) is 6.23. The van der Waals surface area contributed by atoms with Gasteiger partial charge in [-0.25, -0.2) is 4.98 Å². The van der Waals surface area contributed by atoms with E-state index in [1.807, 2.05) is 6.07 Å². The number of thiophene rings is 2. The number of nitrogens with one attached hydrogen (secondary N) is 1. The number of fused-ring (bicyclic) bond motifs is 1. The van der Waals surface area contributed by atoms with Crippen LogP contribution < -0.4 is 11.1 Å². The molecule has 0 radical (unpaired) electrons. The van der Waals surface area contributed by atoms with Crippen LogP contribution >= 0.6 is 50.2 Å². The molecule has 0 saturated carbocycles. The Morgan fingerprint density at radius 2 is 2.20 bits per heavy atom. The summed E-state index contributed by atoms with van der Waals surface area (Å²) in [5.74, 6) is 0.322. The van der Waals surface area contributed by atoms with E-state index in [-0.39, 0.29) is 6.04 Å². The maximum atomic E-state index is 6.37. The molecule has 0 bridgehead atoms. The molecule has 3 N–H and O–H groups in total. The lowest BCUT2D eigenvalue weighted by Crippen LogP contribution is -2.29. The number of anilines is 1. The van der Waals surface area contributed by atoms with Crippen molar-refractivity contribution in [3.63, 3.8) is 0 Å². The molecule has 3 nitrogen and oxygen atoms in total. The smallest absolute Gasteiger partial charge is 0.131 e. The maximum Gasteiger partial charge on any atom is 0.131 e. The summed E-state index contributed by atoms with van der Waals surface area (Å²) in [6.45, 7) is 0.781. The molecule has 25 heavy (non-hydrogen) atoms. The Hall–Kier alpha value is -0.920. The predicted octanol–water partition coefficient (Wildman–Crippen LogP) is 6.15. The minimum atomic E-state index is 0.146. The maximum absolute atomic E-state index is 6.37. The van der Waals surface area contributed by atoms with E-state index >= 15 is 0 Å². The zero-order chi connectivity index (χ0) is 17.4. The molecule has 130 valence electrons. The highest BCUT2D eigenvalue weighted by Gasteiger charge is 2.27. The fraction of sp³-hybridized carbons (Fsp3) is 0.278. The van der Waals surface area contributed by atoms with Crippen LogP contribution in [-0.4, -0.2) is 11.0 Å². The summed E-state index contributed by atoms with van der Waals surface area (Å²) in [4.78, 5) is 7.11. The van der Waals surface area contributed by atoms with Crippen molar-refractivity contribution in [2.45, 2.75) is 31.3 Å². The van der Waals surface area contributed by atoms with Gasteiger partial charge in [-0.3, -0.25) is 0 Å². The Morgan fingerprint density at radius 3 is 2.96 bits per heavy atom. The summed E-state index contributed by atoms with van der Waals surface area (Å²) in [6, 6.07) is 6.24. The standard InChI is InChI=1S/C18H17BrClN3S2/c19-15-16-18(25-17(15)11-5-1-2-6-12(11)21)13(8-14(20)23-16)22-9-10-4-3-7-24-10/h1-4,7-8,11-12H,5-6,9,21H2,(H,22,23)/t11-,12+/m0/s1. The van der Waals surface area contributed by atoms with E-state index in [4.69, 9.17) is 17.3 Å². The molecule has 3 heterocycles. The van der Waals surface area contributed by atoms with Gasteiger partial charge in [-0.2, -0.15) is 0 Å². The first-order valence-electron chi connectivity index (χ1n) is 8.08. The molecular formula is C18H17BrClN3S2. The van der Waals surface area contributed by atoms with Gasteiger partial charge < -0.3 is 11.1 Å². The first-order valence-corrected chi connectivity index (χ1v) is 11.0. The summed E-state index contributed by atoms with van der Waals surface area (Å²) >= 11 is 13.5. The second kappa shape index (κ2) is 7.37.